The lowest BCUT2D eigenvalue weighted by Crippen LogP contribution is -1.51. The first kappa shape index (κ1) is 24.3. The van der Waals surface area contributed by atoms with Crippen molar-refractivity contribution in [2.75, 3.05) is 0 Å². The Balaban J connectivity index is -0.0000000667. The average molecular weight is 231 g/mol. The lowest BCUT2D eigenvalue weighted by Gasteiger charge is -1.61. The molecule has 0 saturated heterocycles. The van der Waals surface area contributed by atoms with Crippen LogP contribution in [0.15, 0.2) is 75.4 Å². The Labute approximate surface area is 107 Å². The lowest BCUT2D eigenvalue weighted by atomic mass is 10.4. The van der Waals surface area contributed by atoms with E-state index in [1.165, 1.54) is 0 Å². The van der Waals surface area contributed by atoms with E-state index < -0.39 is 0 Å². The minimum absolute atomic E-state index is 0.560. The summed E-state index contributed by atoms with van der Waals surface area (Å²) in [4.78, 5) is 0. The van der Waals surface area contributed by atoms with Gasteiger partial charge >= 0.3 is 0 Å². The van der Waals surface area contributed by atoms with Crippen molar-refractivity contribution in [3.63, 3.8) is 0 Å². The second-order valence-electron chi connectivity index (χ2n) is 2.53. The van der Waals surface area contributed by atoms with Crippen molar-refractivity contribution >= 4 is 0 Å². The molecule has 0 spiro atoms. The second kappa shape index (κ2) is 37.0. The summed E-state index contributed by atoms with van der Waals surface area (Å²) in [6.45, 7) is 24.0. The van der Waals surface area contributed by atoms with E-state index in [0.717, 1.165) is 6.42 Å². The summed E-state index contributed by atoms with van der Waals surface area (Å²) in [7, 11) is 0. The standard InChI is InChI=1S/C4H5N.C4H8.2C4H6/c1-4(2)3-5;3*1-3-4-2/h1H2,2H3;3H,1,4H2,2H3;2*3-4H,1-2H2. The molecule has 0 bridgehead atoms. The molecule has 0 aliphatic heterocycles. The Morgan fingerprint density at radius 3 is 1.18 bits per heavy atom. The van der Waals surface area contributed by atoms with Gasteiger partial charge < -0.3 is 0 Å². The van der Waals surface area contributed by atoms with E-state index in [0.29, 0.717) is 5.57 Å². The Morgan fingerprint density at radius 1 is 1.00 bits per heavy atom. The van der Waals surface area contributed by atoms with Crippen LogP contribution in [0, 0.1) is 11.3 Å². The summed E-state index contributed by atoms with van der Waals surface area (Å²) in [5.41, 5.74) is 0.560. The van der Waals surface area contributed by atoms with Crippen LogP contribution in [0.3, 0.4) is 0 Å². The van der Waals surface area contributed by atoms with Gasteiger partial charge in [-0.25, -0.2) is 0 Å². The summed E-state index contributed by atoms with van der Waals surface area (Å²) in [6, 6.07) is 1.83. The summed E-state index contributed by atoms with van der Waals surface area (Å²) in [6.07, 6.45) is 9.51. The third-order valence-corrected chi connectivity index (χ3v) is 0.813. The first-order valence-corrected chi connectivity index (χ1v) is 5.15. The van der Waals surface area contributed by atoms with Gasteiger partial charge in [0.25, 0.3) is 0 Å². The largest absolute Gasteiger partial charge is 0.193 e. The van der Waals surface area contributed by atoms with E-state index >= 15 is 0 Å². The number of allylic oxidation sites excluding steroid dienone is 6. The van der Waals surface area contributed by atoms with Gasteiger partial charge in [-0.15, -0.1) is 6.58 Å². The van der Waals surface area contributed by atoms with Crippen LogP contribution in [0.1, 0.15) is 20.3 Å². The average Bonchev–Trinajstić information content (AvgIpc) is 2.39. The monoisotopic (exact) mass is 231 g/mol. The quantitative estimate of drug-likeness (QED) is 0.363. The molecule has 0 amide bonds. The SMILES string of the molecule is C=C(C)C#N.C=CC=C.C=CC=C.C=CCC. The predicted octanol–water partition coefficient (Wildman–Crippen LogP) is 5.39. The smallest absolute Gasteiger partial charge is 0.0937 e. The van der Waals surface area contributed by atoms with Crippen LogP contribution in [0.25, 0.3) is 0 Å². The molecule has 0 aliphatic rings. The molecule has 94 valence electrons. The third-order valence-electron chi connectivity index (χ3n) is 0.813. The van der Waals surface area contributed by atoms with Crippen molar-refractivity contribution in [3.05, 3.63) is 75.4 Å². The molecule has 0 saturated carbocycles. The maximum atomic E-state index is 7.79. The zero-order valence-electron chi connectivity index (χ0n) is 11.3. The highest BCUT2D eigenvalue weighted by Crippen LogP contribution is 1.74. The molecule has 0 fully saturated rings. The number of nitrogens with zero attached hydrogens (tertiary/aromatic N) is 1. The zero-order valence-corrected chi connectivity index (χ0v) is 11.3. The molecule has 1 heteroatoms. The first-order chi connectivity index (χ1) is 8.01. The van der Waals surface area contributed by atoms with Gasteiger partial charge in [-0.2, -0.15) is 5.26 Å². The van der Waals surface area contributed by atoms with Gasteiger partial charge in [0.15, 0.2) is 0 Å². The van der Waals surface area contributed by atoms with Crippen molar-refractivity contribution in [3.8, 4) is 6.07 Å². The highest BCUT2D eigenvalue weighted by Gasteiger charge is 1.64. The van der Waals surface area contributed by atoms with Crippen molar-refractivity contribution < 1.29 is 0 Å². The fraction of sp³-hybridized carbons (Fsp3) is 0.188. The maximum Gasteiger partial charge on any atom is 0.0937 e. The molecular formula is C16H25N. The van der Waals surface area contributed by atoms with Gasteiger partial charge in [-0.1, -0.05) is 70.2 Å². The van der Waals surface area contributed by atoms with Crippen LogP contribution in [0.4, 0.5) is 0 Å². The van der Waals surface area contributed by atoms with Gasteiger partial charge in [-0.05, 0) is 13.3 Å². The molecule has 0 aromatic carbocycles. The van der Waals surface area contributed by atoms with Gasteiger partial charge in [0.2, 0.25) is 0 Å². The third kappa shape index (κ3) is 231. The van der Waals surface area contributed by atoms with Crippen LogP contribution < -0.4 is 0 Å². The molecule has 0 rings (SSSR count). The van der Waals surface area contributed by atoms with Gasteiger partial charge in [0.05, 0.1) is 6.07 Å². The Kier molecular flexibility index (Phi) is 52.8. The topological polar surface area (TPSA) is 23.8 Å². The Morgan fingerprint density at radius 2 is 1.18 bits per heavy atom. The van der Waals surface area contributed by atoms with Gasteiger partial charge in [0, 0.05) is 5.57 Å². The van der Waals surface area contributed by atoms with Crippen molar-refractivity contribution in [1.29, 1.82) is 5.26 Å². The van der Waals surface area contributed by atoms with Crippen LogP contribution in [-0.2, 0) is 0 Å². The van der Waals surface area contributed by atoms with Gasteiger partial charge in [0.1, 0.15) is 0 Å². The molecule has 0 atom stereocenters. The minimum Gasteiger partial charge on any atom is -0.193 e. The van der Waals surface area contributed by atoms with Crippen molar-refractivity contribution in [2.45, 2.75) is 20.3 Å². The normalized spacial score (nSPS) is 5.47. The molecule has 0 aromatic heterocycles. The second-order valence-corrected chi connectivity index (χ2v) is 2.53. The molecule has 0 unspecified atom stereocenters. The molecule has 0 N–H and O–H groups in total. The molecule has 17 heavy (non-hydrogen) atoms. The molecule has 0 aliphatic carbocycles. The Hall–Kier alpha value is -2.07. The maximum absolute atomic E-state index is 7.79. The minimum atomic E-state index is 0.560. The fourth-order valence-electron chi connectivity index (χ4n) is 0. The molecule has 0 radical (unpaired) electrons. The molecule has 1 nitrogen and oxygen atoms in total. The van der Waals surface area contributed by atoms with E-state index in [9.17, 15) is 0 Å². The van der Waals surface area contributed by atoms with E-state index in [-0.39, 0.29) is 0 Å². The van der Waals surface area contributed by atoms with Crippen LogP contribution in [0.2, 0.25) is 0 Å². The number of hydrogen-bond donors (Lipinski definition) is 0. The highest BCUT2D eigenvalue weighted by molar-refractivity contribution is 5.11. The number of hydrogen-bond acceptors (Lipinski definition) is 1. The van der Waals surface area contributed by atoms with Crippen molar-refractivity contribution in [2.24, 2.45) is 0 Å². The summed E-state index contributed by atoms with van der Waals surface area (Å²) in [5, 5.41) is 7.79. The van der Waals surface area contributed by atoms with E-state index in [4.69, 9.17) is 5.26 Å². The van der Waals surface area contributed by atoms with E-state index in [1.54, 1.807) is 31.2 Å². The number of rotatable bonds is 3. The highest BCUT2D eigenvalue weighted by atomic mass is 14.2. The molecular weight excluding hydrogens is 206 g/mol. The van der Waals surface area contributed by atoms with Crippen LogP contribution in [-0.4, -0.2) is 0 Å². The van der Waals surface area contributed by atoms with E-state index in [1.807, 2.05) is 12.1 Å². The van der Waals surface area contributed by atoms with Crippen molar-refractivity contribution in [1.82, 2.24) is 0 Å². The Bertz CT molecular complexity index is 227. The van der Waals surface area contributed by atoms with Gasteiger partial charge in [-0.3, -0.25) is 0 Å². The predicted molar refractivity (Wildman–Crippen MR) is 81.7 cm³/mol. The fourth-order valence-corrected chi connectivity index (χ4v) is 0. The van der Waals surface area contributed by atoms with E-state index in [2.05, 4.69) is 46.4 Å². The molecule has 0 heterocycles. The summed E-state index contributed by atoms with van der Waals surface area (Å²) >= 11 is 0. The zero-order chi connectivity index (χ0) is 14.5. The van der Waals surface area contributed by atoms with Crippen LogP contribution in [0.5, 0.6) is 0 Å². The summed E-state index contributed by atoms with van der Waals surface area (Å²) in [5.74, 6) is 0. The van der Waals surface area contributed by atoms with Crippen LogP contribution >= 0.6 is 0 Å². The first-order valence-electron chi connectivity index (χ1n) is 5.15. The number of nitriles is 1. The molecule has 0 aromatic rings. The lowest BCUT2D eigenvalue weighted by molar-refractivity contribution is 1.23. The summed E-state index contributed by atoms with van der Waals surface area (Å²) < 4.78 is 0.